The molecule has 0 aliphatic carbocycles. The van der Waals surface area contributed by atoms with Gasteiger partial charge in [-0.1, -0.05) is 36.4 Å². The fraction of sp³-hybridized carbons (Fsp3) is 0.0741. The van der Waals surface area contributed by atoms with Crippen molar-refractivity contribution in [2.45, 2.75) is 12.8 Å². The lowest BCUT2D eigenvalue weighted by Gasteiger charge is -2.03. The van der Waals surface area contributed by atoms with Crippen LogP contribution in [-0.4, -0.2) is 36.7 Å². The van der Waals surface area contributed by atoms with Gasteiger partial charge in [0.2, 0.25) is 0 Å². The van der Waals surface area contributed by atoms with Crippen molar-refractivity contribution in [3.05, 3.63) is 102 Å². The number of aromatic nitrogens is 5. The summed E-state index contributed by atoms with van der Waals surface area (Å²) < 4.78 is 0. The number of ketones is 2. The lowest BCUT2D eigenvalue weighted by Crippen LogP contribution is -2.07. The van der Waals surface area contributed by atoms with E-state index < -0.39 is 0 Å². The molecule has 3 heterocycles. The average molecular weight is 445 g/mol. The van der Waals surface area contributed by atoms with Crippen LogP contribution < -0.4 is 0 Å². The Balaban J connectivity index is 1.26. The molecule has 0 bridgehead atoms. The van der Waals surface area contributed by atoms with Gasteiger partial charge in [0.1, 0.15) is 11.5 Å². The maximum atomic E-state index is 13.1. The Morgan fingerprint density at radius 2 is 1.65 bits per heavy atom. The molecule has 0 saturated carbocycles. The van der Waals surface area contributed by atoms with E-state index in [1.54, 1.807) is 24.5 Å². The van der Waals surface area contributed by atoms with Crippen LogP contribution in [0.2, 0.25) is 0 Å². The highest BCUT2D eigenvalue weighted by Gasteiger charge is 2.17. The fourth-order valence-electron chi connectivity index (χ4n) is 4.25. The smallest absolute Gasteiger partial charge is 0.188 e. The summed E-state index contributed by atoms with van der Waals surface area (Å²) in [6.07, 6.45) is 3.78. The quantitative estimate of drug-likeness (QED) is 0.357. The summed E-state index contributed by atoms with van der Waals surface area (Å²) in [4.78, 5) is 38.1. The van der Waals surface area contributed by atoms with E-state index in [4.69, 9.17) is 0 Å². The maximum Gasteiger partial charge on any atom is 0.188 e. The topological polar surface area (TPSA) is 104 Å². The molecular formula is C27H19N5O2. The number of carbonyl (C=O) groups is 2. The molecule has 0 atom stereocenters. The Morgan fingerprint density at radius 1 is 0.765 bits per heavy atom. The molecule has 3 aromatic carbocycles. The molecular weight excluding hydrogens is 426 g/mol. The van der Waals surface area contributed by atoms with Gasteiger partial charge in [0.05, 0.1) is 29.2 Å². The molecule has 0 aliphatic rings. The van der Waals surface area contributed by atoms with Crippen molar-refractivity contribution < 1.29 is 9.59 Å². The fourth-order valence-corrected chi connectivity index (χ4v) is 4.25. The molecule has 0 saturated heterocycles. The van der Waals surface area contributed by atoms with Crippen LogP contribution in [0.4, 0.5) is 0 Å². The van der Waals surface area contributed by atoms with E-state index in [0.717, 1.165) is 32.8 Å². The first-order valence-electron chi connectivity index (χ1n) is 10.9. The standard InChI is InChI=1S/C27H19N5O2/c33-24(11-16-8-9-21-19(10-16)15-29-32-21)20-6-3-7-22-27(20)31-26(30-22)13-25(34)23-12-17-4-1-2-5-18(17)14-28-23/h1-10,12,14-15H,11,13H2,(H,29,32)(H,30,31). The van der Waals surface area contributed by atoms with Gasteiger partial charge in [-0.25, -0.2) is 4.98 Å². The van der Waals surface area contributed by atoms with E-state index >= 15 is 0 Å². The van der Waals surface area contributed by atoms with Gasteiger partial charge in [0.25, 0.3) is 0 Å². The highest BCUT2D eigenvalue weighted by Crippen LogP contribution is 2.21. The number of carbonyl (C=O) groups excluding carboxylic acids is 2. The van der Waals surface area contributed by atoms with Crippen molar-refractivity contribution in [2.24, 2.45) is 0 Å². The van der Waals surface area contributed by atoms with Gasteiger partial charge in [-0.15, -0.1) is 0 Å². The monoisotopic (exact) mass is 445 g/mol. The lowest BCUT2D eigenvalue weighted by molar-refractivity contribution is 0.0982. The molecule has 0 aliphatic heterocycles. The molecule has 0 spiro atoms. The number of para-hydroxylation sites is 1. The zero-order valence-electron chi connectivity index (χ0n) is 18.1. The first-order valence-corrected chi connectivity index (χ1v) is 10.9. The summed E-state index contributed by atoms with van der Waals surface area (Å²) in [5.41, 5.74) is 4.07. The van der Waals surface area contributed by atoms with Crippen LogP contribution in [0.5, 0.6) is 0 Å². The third-order valence-electron chi connectivity index (χ3n) is 5.98. The van der Waals surface area contributed by atoms with Gasteiger partial charge in [0, 0.05) is 29.0 Å². The highest BCUT2D eigenvalue weighted by molar-refractivity contribution is 6.07. The van der Waals surface area contributed by atoms with Gasteiger partial charge < -0.3 is 4.98 Å². The van der Waals surface area contributed by atoms with Crippen LogP contribution in [0.15, 0.2) is 79.1 Å². The number of fused-ring (bicyclic) bond motifs is 3. The Hall–Kier alpha value is -4.65. The van der Waals surface area contributed by atoms with Crippen LogP contribution in [-0.2, 0) is 12.8 Å². The Labute approximate surface area is 193 Å². The number of nitrogens with one attached hydrogen (secondary N) is 2. The minimum Gasteiger partial charge on any atom is -0.342 e. The van der Waals surface area contributed by atoms with Crippen molar-refractivity contribution in [1.29, 1.82) is 0 Å². The summed E-state index contributed by atoms with van der Waals surface area (Å²) in [6.45, 7) is 0. The van der Waals surface area contributed by atoms with Crippen LogP contribution in [0.3, 0.4) is 0 Å². The minimum absolute atomic E-state index is 0.0333. The van der Waals surface area contributed by atoms with Gasteiger partial charge in [0.15, 0.2) is 11.6 Å². The molecule has 2 N–H and O–H groups in total. The number of nitrogens with zero attached hydrogens (tertiary/aromatic N) is 3. The third-order valence-corrected chi connectivity index (χ3v) is 5.98. The van der Waals surface area contributed by atoms with E-state index in [2.05, 4.69) is 25.1 Å². The molecule has 6 aromatic rings. The van der Waals surface area contributed by atoms with E-state index in [-0.39, 0.29) is 24.4 Å². The number of hydrogen-bond donors (Lipinski definition) is 2. The van der Waals surface area contributed by atoms with E-state index in [1.807, 2.05) is 54.6 Å². The van der Waals surface area contributed by atoms with Crippen molar-refractivity contribution in [1.82, 2.24) is 25.1 Å². The first-order chi connectivity index (χ1) is 16.6. The van der Waals surface area contributed by atoms with Crippen molar-refractivity contribution in [3.8, 4) is 0 Å². The molecule has 0 radical (unpaired) electrons. The molecule has 0 unspecified atom stereocenters. The summed E-state index contributed by atoms with van der Waals surface area (Å²) >= 11 is 0. The molecule has 0 amide bonds. The second-order valence-electron chi connectivity index (χ2n) is 8.29. The summed E-state index contributed by atoms with van der Waals surface area (Å²) in [5, 5.41) is 9.85. The highest BCUT2D eigenvalue weighted by atomic mass is 16.1. The first kappa shape index (κ1) is 20.0. The molecule has 0 fully saturated rings. The zero-order chi connectivity index (χ0) is 23.1. The van der Waals surface area contributed by atoms with Crippen molar-refractivity contribution in [2.75, 3.05) is 0 Å². The molecule has 7 nitrogen and oxygen atoms in total. The molecule has 6 rings (SSSR count). The van der Waals surface area contributed by atoms with Crippen LogP contribution >= 0.6 is 0 Å². The number of benzene rings is 3. The number of pyridine rings is 1. The predicted molar refractivity (Wildman–Crippen MR) is 130 cm³/mol. The second-order valence-corrected chi connectivity index (χ2v) is 8.29. The van der Waals surface area contributed by atoms with E-state index in [9.17, 15) is 9.59 Å². The van der Waals surface area contributed by atoms with Gasteiger partial charge in [-0.2, -0.15) is 5.10 Å². The minimum atomic E-state index is -0.133. The number of H-pyrrole nitrogens is 2. The number of Topliss-reactive ketones (excluding diaryl/α,β-unsaturated/α-hetero) is 2. The summed E-state index contributed by atoms with van der Waals surface area (Å²) in [5.74, 6) is 0.343. The van der Waals surface area contributed by atoms with E-state index in [1.165, 1.54) is 0 Å². The van der Waals surface area contributed by atoms with Gasteiger partial charge in [-0.3, -0.25) is 19.7 Å². The lowest BCUT2D eigenvalue weighted by atomic mass is 10.0. The average Bonchev–Trinajstić information content (AvgIpc) is 3.49. The van der Waals surface area contributed by atoms with Crippen molar-refractivity contribution in [3.63, 3.8) is 0 Å². The van der Waals surface area contributed by atoms with Gasteiger partial charge in [-0.05, 0) is 41.3 Å². The Kier molecular flexibility index (Phi) is 4.73. The normalized spacial score (nSPS) is 11.4. The van der Waals surface area contributed by atoms with Gasteiger partial charge >= 0.3 is 0 Å². The molecule has 164 valence electrons. The second kappa shape index (κ2) is 8.04. The Bertz CT molecular complexity index is 1710. The Morgan fingerprint density at radius 3 is 2.56 bits per heavy atom. The van der Waals surface area contributed by atoms with Crippen LogP contribution in [0.1, 0.15) is 32.2 Å². The maximum absolute atomic E-state index is 13.1. The van der Waals surface area contributed by atoms with Crippen LogP contribution in [0, 0.1) is 0 Å². The largest absolute Gasteiger partial charge is 0.342 e. The number of rotatable bonds is 6. The number of imidazole rings is 1. The summed E-state index contributed by atoms with van der Waals surface area (Å²) in [6, 6.07) is 20.8. The van der Waals surface area contributed by atoms with Crippen LogP contribution in [0.25, 0.3) is 32.7 Å². The van der Waals surface area contributed by atoms with E-state index in [0.29, 0.717) is 22.6 Å². The molecule has 34 heavy (non-hydrogen) atoms. The zero-order valence-corrected chi connectivity index (χ0v) is 18.1. The third kappa shape index (κ3) is 3.63. The molecule has 3 aromatic heterocycles. The molecule has 7 heteroatoms. The SMILES string of the molecule is O=C(Cc1nc2c(C(=O)Cc3ccc4[nH]ncc4c3)cccc2[nH]1)c1cc2ccccc2cn1. The number of hydrogen-bond acceptors (Lipinski definition) is 5. The predicted octanol–water partition coefficient (Wildman–Crippen LogP) is 4.84. The van der Waals surface area contributed by atoms with Crippen molar-refractivity contribution >= 4 is 44.3 Å². The number of aromatic amines is 2. The summed E-state index contributed by atoms with van der Waals surface area (Å²) in [7, 11) is 0.